The summed E-state index contributed by atoms with van der Waals surface area (Å²) in [5, 5.41) is 3.21. The third-order valence-electron chi connectivity index (χ3n) is 4.61. The van der Waals surface area contributed by atoms with Gasteiger partial charge in [-0.3, -0.25) is 4.79 Å². The SMILES string of the molecule is Cc1ccc(CCC(=O)NC(c2ccccc2)c2ccc(C)cc2)cc1. The standard InChI is InChI=1S/C24H25NO/c1-18-8-12-20(13-9-18)14-17-23(26)25-24(21-6-4-3-5-7-21)22-15-10-19(2)11-16-22/h3-13,15-16,24H,14,17H2,1-2H3,(H,25,26). The van der Waals surface area contributed by atoms with Crippen molar-refractivity contribution < 1.29 is 4.79 Å². The van der Waals surface area contributed by atoms with Gasteiger partial charge in [-0.2, -0.15) is 0 Å². The van der Waals surface area contributed by atoms with Crippen LogP contribution in [0.4, 0.5) is 0 Å². The highest BCUT2D eigenvalue weighted by Gasteiger charge is 2.16. The summed E-state index contributed by atoms with van der Waals surface area (Å²) in [7, 11) is 0. The van der Waals surface area contributed by atoms with Gasteiger partial charge in [0.05, 0.1) is 6.04 Å². The Kier molecular flexibility index (Phi) is 5.85. The zero-order chi connectivity index (χ0) is 18.4. The van der Waals surface area contributed by atoms with Gasteiger partial charge in [-0.05, 0) is 37.0 Å². The lowest BCUT2D eigenvalue weighted by molar-refractivity contribution is -0.121. The molecule has 0 saturated heterocycles. The van der Waals surface area contributed by atoms with Crippen LogP contribution in [0.1, 0.15) is 40.3 Å². The molecule has 3 rings (SSSR count). The first-order valence-corrected chi connectivity index (χ1v) is 9.08. The molecular formula is C24H25NO. The molecule has 3 aromatic carbocycles. The summed E-state index contributed by atoms with van der Waals surface area (Å²) in [6, 6.07) is 26.7. The van der Waals surface area contributed by atoms with Gasteiger partial charge in [-0.15, -0.1) is 0 Å². The molecule has 132 valence electrons. The predicted molar refractivity (Wildman–Crippen MR) is 107 cm³/mol. The fourth-order valence-electron chi connectivity index (χ4n) is 3.01. The Morgan fingerprint density at radius 2 is 1.31 bits per heavy atom. The van der Waals surface area contributed by atoms with Crippen LogP contribution in [-0.2, 0) is 11.2 Å². The van der Waals surface area contributed by atoms with Crippen molar-refractivity contribution in [2.45, 2.75) is 32.7 Å². The van der Waals surface area contributed by atoms with Crippen LogP contribution in [0.15, 0.2) is 78.9 Å². The Morgan fingerprint density at radius 3 is 1.92 bits per heavy atom. The third-order valence-corrected chi connectivity index (χ3v) is 4.61. The van der Waals surface area contributed by atoms with Crippen molar-refractivity contribution in [2.75, 3.05) is 0 Å². The zero-order valence-corrected chi connectivity index (χ0v) is 15.4. The number of hydrogen-bond acceptors (Lipinski definition) is 1. The summed E-state index contributed by atoms with van der Waals surface area (Å²) in [4.78, 5) is 12.6. The van der Waals surface area contributed by atoms with Crippen molar-refractivity contribution in [3.05, 3.63) is 107 Å². The minimum atomic E-state index is -0.123. The molecule has 0 aliphatic heterocycles. The van der Waals surface area contributed by atoms with Gasteiger partial charge in [0, 0.05) is 6.42 Å². The van der Waals surface area contributed by atoms with E-state index in [4.69, 9.17) is 0 Å². The molecule has 0 aliphatic carbocycles. The summed E-state index contributed by atoms with van der Waals surface area (Å²) >= 11 is 0. The maximum absolute atomic E-state index is 12.6. The lowest BCUT2D eigenvalue weighted by atomic mass is 9.97. The number of rotatable bonds is 6. The number of benzene rings is 3. The Labute approximate surface area is 155 Å². The second kappa shape index (κ2) is 8.48. The fourth-order valence-corrected chi connectivity index (χ4v) is 3.01. The van der Waals surface area contributed by atoms with E-state index < -0.39 is 0 Å². The van der Waals surface area contributed by atoms with Gasteiger partial charge in [0.15, 0.2) is 0 Å². The molecular weight excluding hydrogens is 318 g/mol. The Balaban J connectivity index is 1.71. The molecule has 1 amide bonds. The van der Waals surface area contributed by atoms with Crippen molar-refractivity contribution in [3.8, 4) is 0 Å². The van der Waals surface area contributed by atoms with Crippen LogP contribution in [0.5, 0.6) is 0 Å². The normalized spacial score (nSPS) is 11.8. The molecule has 26 heavy (non-hydrogen) atoms. The van der Waals surface area contributed by atoms with E-state index >= 15 is 0 Å². The van der Waals surface area contributed by atoms with E-state index in [0.717, 1.165) is 17.5 Å². The summed E-state index contributed by atoms with van der Waals surface area (Å²) in [5.74, 6) is 0.0694. The highest BCUT2D eigenvalue weighted by atomic mass is 16.1. The topological polar surface area (TPSA) is 29.1 Å². The second-order valence-corrected chi connectivity index (χ2v) is 6.81. The second-order valence-electron chi connectivity index (χ2n) is 6.81. The number of nitrogens with one attached hydrogen (secondary N) is 1. The average molecular weight is 343 g/mol. The monoisotopic (exact) mass is 343 g/mol. The number of aryl methyl sites for hydroxylation is 3. The molecule has 2 heteroatoms. The van der Waals surface area contributed by atoms with E-state index in [0.29, 0.717) is 6.42 Å². The molecule has 2 nitrogen and oxygen atoms in total. The van der Waals surface area contributed by atoms with Gasteiger partial charge in [0.1, 0.15) is 0 Å². The highest BCUT2D eigenvalue weighted by Crippen LogP contribution is 2.22. The molecule has 0 aromatic heterocycles. The summed E-state index contributed by atoms with van der Waals surface area (Å²) in [6.45, 7) is 4.14. The lowest BCUT2D eigenvalue weighted by Crippen LogP contribution is -2.29. The number of hydrogen-bond donors (Lipinski definition) is 1. The molecule has 0 aliphatic rings. The number of carbonyl (C=O) groups excluding carboxylic acids is 1. The largest absolute Gasteiger partial charge is 0.345 e. The fraction of sp³-hybridized carbons (Fsp3) is 0.208. The predicted octanol–water partition coefficient (Wildman–Crippen LogP) is 5.14. The molecule has 0 radical (unpaired) electrons. The van der Waals surface area contributed by atoms with Crippen LogP contribution >= 0.6 is 0 Å². The third kappa shape index (κ3) is 4.82. The van der Waals surface area contributed by atoms with Crippen LogP contribution in [0.3, 0.4) is 0 Å². The van der Waals surface area contributed by atoms with E-state index in [-0.39, 0.29) is 11.9 Å². The van der Waals surface area contributed by atoms with Crippen LogP contribution < -0.4 is 5.32 Å². The highest BCUT2D eigenvalue weighted by molar-refractivity contribution is 5.77. The number of amides is 1. The number of carbonyl (C=O) groups is 1. The zero-order valence-electron chi connectivity index (χ0n) is 15.4. The van der Waals surface area contributed by atoms with Crippen molar-refractivity contribution in [1.29, 1.82) is 0 Å². The van der Waals surface area contributed by atoms with E-state index in [9.17, 15) is 4.79 Å². The average Bonchev–Trinajstić information content (AvgIpc) is 2.67. The Hall–Kier alpha value is -2.87. The van der Waals surface area contributed by atoms with Gasteiger partial charge in [0.25, 0.3) is 0 Å². The first kappa shape index (κ1) is 17.9. The summed E-state index contributed by atoms with van der Waals surface area (Å²) < 4.78 is 0. The molecule has 1 N–H and O–H groups in total. The van der Waals surface area contributed by atoms with Gasteiger partial charge in [-0.25, -0.2) is 0 Å². The summed E-state index contributed by atoms with van der Waals surface area (Å²) in [5.41, 5.74) is 5.84. The van der Waals surface area contributed by atoms with Gasteiger partial charge in [-0.1, -0.05) is 90.0 Å². The van der Waals surface area contributed by atoms with Crippen LogP contribution in [0.2, 0.25) is 0 Å². The van der Waals surface area contributed by atoms with E-state index in [2.05, 4.69) is 79.8 Å². The molecule has 1 unspecified atom stereocenters. The lowest BCUT2D eigenvalue weighted by Gasteiger charge is -2.20. The van der Waals surface area contributed by atoms with E-state index in [1.807, 2.05) is 18.2 Å². The van der Waals surface area contributed by atoms with E-state index in [1.54, 1.807) is 0 Å². The van der Waals surface area contributed by atoms with Crippen LogP contribution in [-0.4, -0.2) is 5.91 Å². The Morgan fingerprint density at radius 1 is 0.769 bits per heavy atom. The smallest absolute Gasteiger partial charge is 0.221 e. The van der Waals surface area contributed by atoms with Crippen LogP contribution in [0, 0.1) is 13.8 Å². The minimum Gasteiger partial charge on any atom is -0.345 e. The van der Waals surface area contributed by atoms with Gasteiger partial charge < -0.3 is 5.32 Å². The maximum Gasteiger partial charge on any atom is 0.221 e. The Bertz CT molecular complexity index is 836. The molecule has 0 spiro atoms. The first-order chi connectivity index (χ1) is 12.6. The molecule has 1 atom stereocenters. The molecule has 0 bridgehead atoms. The van der Waals surface area contributed by atoms with Gasteiger partial charge in [0.2, 0.25) is 5.91 Å². The minimum absolute atomic E-state index is 0.0694. The van der Waals surface area contributed by atoms with Crippen molar-refractivity contribution in [3.63, 3.8) is 0 Å². The first-order valence-electron chi connectivity index (χ1n) is 9.08. The van der Waals surface area contributed by atoms with Crippen molar-refractivity contribution >= 4 is 5.91 Å². The van der Waals surface area contributed by atoms with Crippen molar-refractivity contribution in [2.24, 2.45) is 0 Å². The molecule has 0 fully saturated rings. The van der Waals surface area contributed by atoms with Gasteiger partial charge >= 0.3 is 0 Å². The quantitative estimate of drug-likeness (QED) is 0.659. The maximum atomic E-state index is 12.6. The van der Waals surface area contributed by atoms with Crippen molar-refractivity contribution in [1.82, 2.24) is 5.32 Å². The summed E-state index contributed by atoms with van der Waals surface area (Å²) in [6.07, 6.45) is 1.24. The van der Waals surface area contributed by atoms with Crippen LogP contribution in [0.25, 0.3) is 0 Å². The van der Waals surface area contributed by atoms with E-state index in [1.165, 1.54) is 16.7 Å². The molecule has 0 heterocycles. The molecule has 3 aromatic rings. The molecule has 0 saturated carbocycles.